The Hall–Kier alpha value is -2.25. The predicted molar refractivity (Wildman–Crippen MR) is 89.9 cm³/mol. The van der Waals surface area contributed by atoms with Gasteiger partial charge in [-0.25, -0.2) is 13.1 Å². The summed E-state index contributed by atoms with van der Waals surface area (Å²) in [6, 6.07) is 9.89. The van der Waals surface area contributed by atoms with Crippen molar-refractivity contribution in [1.82, 2.24) is 14.6 Å². The first-order chi connectivity index (χ1) is 11.5. The molecule has 1 aliphatic heterocycles. The summed E-state index contributed by atoms with van der Waals surface area (Å²) >= 11 is 0. The highest BCUT2D eigenvalue weighted by atomic mass is 32.2. The quantitative estimate of drug-likeness (QED) is 0.919. The molecule has 1 aliphatic rings. The molecule has 0 aliphatic carbocycles. The number of rotatable bonds is 4. The van der Waals surface area contributed by atoms with Gasteiger partial charge in [-0.15, -0.1) is 0 Å². The first-order valence-corrected chi connectivity index (χ1v) is 9.26. The van der Waals surface area contributed by atoms with E-state index >= 15 is 0 Å². The van der Waals surface area contributed by atoms with Crippen molar-refractivity contribution < 1.29 is 13.2 Å². The van der Waals surface area contributed by atoms with Gasteiger partial charge in [-0.2, -0.15) is 0 Å². The Balaban J connectivity index is 1.83. The number of benzene rings is 1. The van der Waals surface area contributed by atoms with E-state index in [0.717, 1.165) is 18.4 Å². The summed E-state index contributed by atoms with van der Waals surface area (Å²) in [4.78, 5) is 18.9. The van der Waals surface area contributed by atoms with Gasteiger partial charge in [-0.05, 0) is 55.8 Å². The fraction of sp³-hybridized carbons (Fsp3) is 0.294. The average molecular weight is 345 g/mol. The summed E-state index contributed by atoms with van der Waals surface area (Å²) in [6.07, 6.45) is 5.35. The normalized spacial score (nSPS) is 17.9. The van der Waals surface area contributed by atoms with Crippen molar-refractivity contribution in [2.75, 3.05) is 13.6 Å². The molecule has 1 aromatic heterocycles. The number of carbonyl (C=O) groups excluding carboxylic acids is 1. The van der Waals surface area contributed by atoms with Gasteiger partial charge in [0.2, 0.25) is 10.0 Å². The Morgan fingerprint density at radius 3 is 2.62 bits per heavy atom. The van der Waals surface area contributed by atoms with Crippen molar-refractivity contribution in [3.63, 3.8) is 0 Å². The van der Waals surface area contributed by atoms with Crippen LogP contribution in [-0.2, 0) is 10.0 Å². The maximum absolute atomic E-state index is 12.8. The van der Waals surface area contributed by atoms with Crippen molar-refractivity contribution in [2.45, 2.75) is 23.8 Å². The van der Waals surface area contributed by atoms with E-state index in [2.05, 4.69) is 9.71 Å². The number of amides is 1. The lowest BCUT2D eigenvalue weighted by Gasteiger charge is -2.25. The van der Waals surface area contributed by atoms with E-state index in [1.165, 1.54) is 19.2 Å². The Labute approximate surface area is 141 Å². The van der Waals surface area contributed by atoms with Crippen molar-refractivity contribution in [3.05, 3.63) is 59.9 Å². The maximum atomic E-state index is 12.8. The van der Waals surface area contributed by atoms with Crippen LogP contribution in [0.3, 0.4) is 0 Å². The fourth-order valence-corrected chi connectivity index (χ4v) is 3.72. The second kappa shape index (κ2) is 6.70. The highest BCUT2D eigenvalue weighted by Crippen LogP contribution is 2.32. The number of nitrogens with one attached hydrogen (secondary N) is 1. The third-order valence-electron chi connectivity index (χ3n) is 4.26. The third kappa shape index (κ3) is 3.18. The first kappa shape index (κ1) is 16.6. The molecule has 0 unspecified atom stereocenters. The molecule has 1 atom stereocenters. The van der Waals surface area contributed by atoms with Gasteiger partial charge in [-0.3, -0.25) is 9.78 Å². The molecular weight excluding hydrogens is 326 g/mol. The molecule has 126 valence electrons. The zero-order valence-electron chi connectivity index (χ0n) is 13.3. The summed E-state index contributed by atoms with van der Waals surface area (Å²) in [6.45, 7) is 0.689. The molecule has 24 heavy (non-hydrogen) atoms. The minimum absolute atomic E-state index is 0.0203. The van der Waals surface area contributed by atoms with E-state index in [1.807, 2.05) is 17.0 Å². The molecule has 0 radical (unpaired) electrons. The smallest absolute Gasteiger partial charge is 0.254 e. The molecule has 1 amide bonds. The van der Waals surface area contributed by atoms with Crippen molar-refractivity contribution >= 4 is 15.9 Å². The monoisotopic (exact) mass is 345 g/mol. The van der Waals surface area contributed by atoms with Gasteiger partial charge < -0.3 is 4.90 Å². The first-order valence-electron chi connectivity index (χ1n) is 7.77. The molecule has 7 heteroatoms. The number of hydrogen-bond acceptors (Lipinski definition) is 4. The maximum Gasteiger partial charge on any atom is 0.254 e. The number of nitrogens with zero attached hydrogens (tertiary/aromatic N) is 2. The molecule has 0 saturated carbocycles. The molecule has 1 fully saturated rings. The van der Waals surface area contributed by atoms with Gasteiger partial charge in [0.25, 0.3) is 5.91 Å². The third-order valence-corrected chi connectivity index (χ3v) is 5.69. The molecule has 2 aromatic rings. The van der Waals surface area contributed by atoms with Gasteiger partial charge >= 0.3 is 0 Å². The summed E-state index contributed by atoms with van der Waals surface area (Å²) in [5, 5.41) is 0. The molecule has 1 saturated heterocycles. The molecule has 3 rings (SSSR count). The van der Waals surface area contributed by atoms with E-state index in [9.17, 15) is 13.2 Å². The minimum atomic E-state index is -3.50. The Bertz CT molecular complexity index is 820. The van der Waals surface area contributed by atoms with E-state index < -0.39 is 10.0 Å². The molecule has 6 nitrogen and oxygen atoms in total. The number of sulfonamides is 1. The molecule has 0 spiro atoms. The fourth-order valence-electron chi connectivity index (χ4n) is 2.99. The van der Waals surface area contributed by atoms with Crippen LogP contribution in [0.1, 0.15) is 34.8 Å². The van der Waals surface area contributed by atoms with Crippen LogP contribution in [0.5, 0.6) is 0 Å². The topological polar surface area (TPSA) is 79.4 Å². The molecule has 2 heterocycles. The van der Waals surface area contributed by atoms with Gasteiger partial charge in [0, 0.05) is 24.5 Å². The number of likely N-dealkylation sites (tertiary alicyclic amines) is 1. The number of pyridine rings is 1. The van der Waals surface area contributed by atoms with Gasteiger partial charge in [-0.1, -0.05) is 6.07 Å². The van der Waals surface area contributed by atoms with Gasteiger partial charge in [0.15, 0.2) is 0 Å². The van der Waals surface area contributed by atoms with E-state index in [0.29, 0.717) is 12.1 Å². The van der Waals surface area contributed by atoms with Gasteiger partial charge in [0.05, 0.1) is 10.9 Å². The van der Waals surface area contributed by atoms with Crippen molar-refractivity contribution in [2.24, 2.45) is 0 Å². The van der Waals surface area contributed by atoms with Crippen LogP contribution in [0.4, 0.5) is 0 Å². The van der Waals surface area contributed by atoms with Crippen LogP contribution in [0, 0.1) is 0 Å². The zero-order valence-corrected chi connectivity index (χ0v) is 14.2. The molecule has 0 bridgehead atoms. The lowest BCUT2D eigenvalue weighted by Crippen LogP contribution is -2.30. The predicted octanol–water partition coefficient (Wildman–Crippen LogP) is 1.97. The van der Waals surface area contributed by atoms with E-state index in [4.69, 9.17) is 0 Å². The van der Waals surface area contributed by atoms with Crippen LogP contribution in [0.15, 0.2) is 53.7 Å². The Morgan fingerprint density at radius 1 is 1.25 bits per heavy atom. The van der Waals surface area contributed by atoms with Crippen molar-refractivity contribution in [1.29, 1.82) is 0 Å². The lowest BCUT2D eigenvalue weighted by atomic mass is 10.1. The molecular formula is C17H19N3O3S. The average Bonchev–Trinajstić information content (AvgIpc) is 3.11. The van der Waals surface area contributed by atoms with Crippen LogP contribution >= 0.6 is 0 Å². The summed E-state index contributed by atoms with van der Waals surface area (Å²) in [5.74, 6) is -0.0882. The summed E-state index contributed by atoms with van der Waals surface area (Å²) in [7, 11) is -2.14. The Morgan fingerprint density at radius 2 is 2.00 bits per heavy atom. The van der Waals surface area contributed by atoms with Gasteiger partial charge in [0.1, 0.15) is 0 Å². The summed E-state index contributed by atoms with van der Waals surface area (Å²) in [5.41, 5.74) is 1.51. The minimum Gasteiger partial charge on any atom is -0.332 e. The zero-order chi connectivity index (χ0) is 17.2. The largest absolute Gasteiger partial charge is 0.332 e. The van der Waals surface area contributed by atoms with Crippen LogP contribution in [0.2, 0.25) is 0 Å². The lowest BCUT2D eigenvalue weighted by molar-refractivity contribution is 0.0735. The van der Waals surface area contributed by atoms with E-state index in [-0.39, 0.29) is 16.8 Å². The van der Waals surface area contributed by atoms with Crippen LogP contribution < -0.4 is 4.72 Å². The van der Waals surface area contributed by atoms with E-state index in [1.54, 1.807) is 24.5 Å². The van der Waals surface area contributed by atoms with Crippen LogP contribution in [0.25, 0.3) is 0 Å². The number of aromatic nitrogens is 1. The molecule has 1 N–H and O–H groups in total. The molecule has 1 aromatic carbocycles. The highest BCUT2D eigenvalue weighted by Gasteiger charge is 2.30. The van der Waals surface area contributed by atoms with Crippen molar-refractivity contribution in [3.8, 4) is 0 Å². The number of carbonyl (C=O) groups is 1. The second-order valence-corrected chi connectivity index (χ2v) is 7.56. The van der Waals surface area contributed by atoms with Crippen LogP contribution in [-0.4, -0.2) is 37.8 Å². The SMILES string of the molecule is CNS(=O)(=O)c1ccc(C(=O)N2CCC[C@@H]2c2cccnc2)cc1. The Kier molecular flexibility index (Phi) is 4.64. The summed E-state index contributed by atoms with van der Waals surface area (Å²) < 4.78 is 25.8. The number of hydrogen-bond donors (Lipinski definition) is 1. The highest BCUT2D eigenvalue weighted by molar-refractivity contribution is 7.89. The second-order valence-electron chi connectivity index (χ2n) is 5.67. The standard InChI is InChI=1S/C17H19N3O3S/c1-18-24(22,23)15-8-6-13(7-9-15)17(21)20-11-3-5-16(20)14-4-2-10-19-12-14/h2,4,6-10,12,16,18H,3,5,11H2,1H3/t16-/m1/s1.